The van der Waals surface area contributed by atoms with E-state index in [0.717, 1.165) is 17.1 Å². The molecule has 0 fully saturated rings. The minimum absolute atomic E-state index is 0.510. The lowest BCUT2D eigenvalue weighted by Crippen LogP contribution is -2.27. The number of carbonyl (C=O) groups excluding carboxylic acids is 2. The lowest BCUT2D eigenvalue weighted by atomic mass is 10.1. The van der Waals surface area contributed by atoms with Crippen LogP contribution in [0.3, 0.4) is 0 Å². The van der Waals surface area contributed by atoms with Crippen LogP contribution in [0.1, 0.15) is 36.7 Å². The van der Waals surface area contributed by atoms with Gasteiger partial charge in [0, 0.05) is 16.3 Å². The second-order valence-electron chi connectivity index (χ2n) is 7.73. The SMILES string of the molecule is CC(C)(C)OC(=O)n1c(-c2n[nH]c3cc(C#N)ccc23)cc2cc(C=O)ccc21. The van der Waals surface area contributed by atoms with Crippen LogP contribution in [-0.2, 0) is 4.74 Å². The van der Waals surface area contributed by atoms with E-state index in [4.69, 9.17) is 10.00 Å². The Morgan fingerprint density at radius 3 is 2.69 bits per heavy atom. The van der Waals surface area contributed by atoms with Gasteiger partial charge in [-0.25, -0.2) is 9.36 Å². The van der Waals surface area contributed by atoms with E-state index in [0.29, 0.717) is 33.5 Å². The number of aromatic amines is 1. The fraction of sp³-hybridized carbons (Fsp3) is 0.182. The minimum atomic E-state index is -0.678. The lowest BCUT2D eigenvalue weighted by molar-refractivity contribution is 0.0547. The Bertz CT molecular complexity index is 1320. The molecule has 144 valence electrons. The number of benzene rings is 2. The number of hydrogen-bond acceptors (Lipinski definition) is 5. The van der Waals surface area contributed by atoms with Gasteiger partial charge in [0.25, 0.3) is 0 Å². The number of nitrogens with zero attached hydrogens (tertiary/aromatic N) is 3. The molecule has 7 heteroatoms. The number of carbonyl (C=O) groups is 2. The summed E-state index contributed by atoms with van der Waals surface area (Å²) in [7, 11) is 0. The van der Waals surface area contributed by atoms with Gasteiger partial charge in [-0.3, -0.25) is 9.89 Å². The summed E-state index contributed by atoms with van der Waals surface area (Å²) in [5.74, 6) is 0. The largest absolute Gasteiger partial charge is 0.443 e. The summed E-state index contributed by atoms with van der Waals surface area (Å²) < 4.78 is 7.07. The number of H-pyrrole nitrogens is 1. The lowest BCUT2D eigenvalue weighted by Gasteiger charge is -2.20. The maximum atomic E-state index is 13.0. The molecular formula is C22H18N4O3. The first kappa shape index (κ1) is 18.4. The van der Waals surface area contributed by atoms with E-state index in [1.165, 1.54) is 4.57 Å². The van der Waals surface area contributed by atoms with Crippen molar-refractivity contribution < 1.29 is 14.3 Å². The van der Waals surface area contributed by atoms with Gasteiger partial charge in [0.2, 0.25) is 0 Å². The van der Waals surface area contributed by atoms with Crippen molar-refractivity contribution in [1.29, 1.82) is 5.26 Å². The maximum Gasteiger partial charge on any atom is 0.419 e. The number of nitrogens with one attached hydrogen (secondary N) is 1. The predicted molar refractivity (Wildman–Crippen MR) is 109 cm³/mol. The molecule has 0 spiro atoms. The summed E-state index contributed by atoms with van der Waals surface area (Å²) in [5, 5.41) is 17.9. The quantitative estimate of drug-likeness (QED) is 0.505. The van der Waals surface area contributed by atoms with Crippen molar-refractivity contribution in [3.05, 3.63) is 53.6 Å². The molecule has 0 aliphatic heterocycles. The summed E-state index contributed by atoms with van der Waals surface area (Å²) in [4.78, 5) is 24.2. The summed E-state index contributed by atoms with van der Waals surface area (Å²) in [6.07, 6.45) is 0.225. The Hall–Kier alpha value is -3.92. The molecule has 4 rings (SSSR count). The molecule has 29 heavy (non-hydrogen) atoms. The first-order valence-electron chi connectivity index (χ1n) is 9.03. The van der Waals surface area contributed by atoms with Crippen LogP contribution in [0.5, 0.6) is 0 Å². The van der Waals surface area contributed by atoms with E-state index in [1.807, 2.05) is 0 Å². The topological polar surface area (TPSA) is 101 Å². The maximum absolute atomic E-state index is 13.0. The molecule has 1 N–H and O–H groups in total. The van der Waals surface area contributed by atoms with Gasteiger partial charge < -0.3 is 4.74 Å². The third-order valence-electron chi connectivity index (χ3n) is 4.47. The second-order valence-corrected chi connectivity index (χ2v) is 7.73. The normalized spacial score (nSPS) is 11.5. The molecule has 0 aliphatic rings. The third kappa shape index (κ3) is 3.25. The van der Waals surface area contributed by atoms with E-state index in [1.54, 1.807) is 63.2 Å². The highest BCUT2D eigenvalue weighted by Gasteiger charge is 2.25. The molecule has 4 aromatic rings. The Morgan fingerprint density at radius 1 is 1.21 bits per heavy atom. The fourth-order valence-corrected chi connectivity index (χ4v) is 3.27. The minimum Gasteiger partial charge on any atom is -0.443 e. The van der Waals surface area contributed by atoms with Gasteiger partial charge in [0.1, 0.15) is 17.6 Å². The van der Waals surface area contributed by atoms with Gasteiger partial charge in [-0.2, -0.15) is 10.4 Å². The molecular weight excluding hydrogens is 368 g/mol. The van der Waals surface area contributed by atoms with Crippen LogP contribution < -0.4 is 0 Å². The molecule has 0 saturated heterocycles. The molecule has 7 nitrogen and oxygen atoms in total. The highest BCUT2D eigenvalue weighted by molar-refractivity contribution is 6.02. The van der Waals surface area contributed by atoms with Crippen LogP contribution in [-0.4, -0.2) is 32.7 Å². The molecule has 0 aliphatic carbocycles. The van der Waals surface area contributed by atoms with Crippen LogP contribution in [0.25, 0.3) is 33.2 Å². The summed E-state index contributed by atoms with van der Waals surface area (Å²) in [6.45, 7) is 5.40. The zero-order valence-corrected chi connectivity index (χ0v) is 16.2. The number of ether oxygens (including phenoxy) is 1. The van der Waals surface area contributed by atoms with Crippen molar-refractivity contribution in [2.24, 2.45) is 0 Å². The number of fused-ring (bicyclic) bond motifs is 2. The van der Waals surface area contributed by atoms with Crippen LogP contribution >= 0.6 is 0 Å². The first-order chi connectivity index (χ1) is 13.8. The van der Waals surface area contributed by atoms with Gasteiger partial charge in [-0.1, -0.05) is 0 Å². The first-order valence-corrected chi connectivity index (χ1v) is 9.03. The number of aromatic nitrogens is 3. The van der Waals surface area contributed by atoms with E-state index < -0.39 is 11.7 Å². The smallest absolute Gasteiger partial charge is 0.419 e. The van der Waals surface area contributed by atoms with Crippen LogP contribution in [0.2, 0.25) is 0 Å². The Kier molecular flexibility index (Phi) is 4.20. The van der Waals surface area contributed by atoms with Crippen molar-refractivity contribution in [3.63, 3.8) is 0 Å². The van der Waals surface area contributed by atoms with Crippen molar-refractivity contribution >= 4 is 34.2 Å². The Morgan fingerprint density at radius 2 is 2.00 bits per heavy atom. The predicted octanol–water partition coefficient (Wildman–Crippen LogP) is 4.65. The van der Waals surface area contributed by atoms with E-state index in [2.05, 4.69) is 16.3 Å². The van der Waals surface area contributed by atoms with Crippen LogP contribution in [0, 0.1) is 11.3 Å². The van der Waals surface area contributed by atoms with E-state index in [9.17, 15) is 9.59 Å². The van der Waals surface area contributed by atoms with E-state index >= 15 is 0 Å². The van der Waals surface area contributed by atoms with Crippen LogP contribution in [0.4, 0.5) is 4.79 Å². The average Bonchev–Trinajstić information content (AvgIpc) is 3.26. The zero-order valence-electron chi connectivity index (χ0n) is 16.2. The number of hydrogen-bond donors (Lipinski definition) is 1. The Labute approximate surface area is 166 Å². The molecule has 2 aromatic carbocycles. The molecule has 0 amide bonds. The van der Waals surface area contributed by atoms with Crippen molar-refractivity contribution in [2.75, 3.05) is 0 Å². The summed E-state index contributed by atoms with van der Waals surface area (Å²) in [6, 6.07) is 14.2. The van der Waals surface area contributed by atoms with Gasteiger partial charge in [0.15, 0.2) is 0 Å². The fourth-order valence-electron chi connectivity index (χ4n) is 3.27. The summed E-state index contributed by atoms with van der Waals surface area (Å²) >= 11 is 0. The van der Waals surface area contributed by atoms with Gasteiger partial charge >= 0.3 is 6.09 Å². The molecule has 0 atom stereocenters. The highest BCUT2D eigenvalue weighted by Crippen LogP contribution is 2.33. The van der Waals surface area contributed by atoms with Crippen LogP contribution in [0.15, 0.2) is 42.5 Å². The van der Waals surface area contributed by atoms with Crippen molar-refractivity contribution in [2.45, 2.75) is 26.4 Å². The van der Waals surface area contributed by atoms with E-state index in [-0.39, 0.29) is 0 Å². The van der Waals surface area contributed by atoms with Crippen molar-refractivity contribution in [1.82, 2.24) is 14.8 Å². The second kappa shape index (κ2) is 6.60. The zero-order chi connectivity index (χ0) is 20.8. The molecule has 0 saturated carbocycles. The standard InChI is InChI=1S/C22H18N4O3/c1-22(2,3)29-21(28)26-18-7-5-14(12-27)8-15(18)10-19(26)20-16-6-4-13(11-23)9-17(16)24-25-20/h4-10,12H,1-3H3,(H,24,25). The highest BCUT2D eigenvalue weighted by atomic mass is 16.6. The summed E-state index contributed by atoms with van der Waals surface area (Å²) in [5.41, 5.74) is 2.74. The van der Waals surface area contributed by atoms with Gasteiger partial charge in [0.05, 0.1) is 28.4 Å². The molecule has 0 bridgehead atoms. The number of rotatable bonds is 2. The molecule has 2 aromatic heterocycles. The average molecular weight is 386 g/mol. The number of aldehydes is 1. The van der Waals surface area contributed by atoms with Gasteiger partial charge in [-0.15, -0.1) is 0 Å². The third-order valence-corrected chi connectivity index (χ3v) is 4.47. The molecule has 0 radical (unpaired) electrons. The Balaban J connectivity index is 1.98. The monoisotopic (exact) mass is 386 g/mol. The molecule has 0 unspecified atom stereocenters. The number of nitriles is 1. The van der Waals surface area contributed by atoms with Crippen molar-refractivity contribution in [3.8, 4) is 17.5 Å². The molecule has 2 heterocycles. The van der Waals surface area contributed by atoms with Gasteiger partial charge in [-0.05, 0) is 63.2 Å².